The zero-order valence-electron chi connectivity index (χ0n) is 27.3. The Labute approximate surface area is 275 Å². The van der Waals surface area contributed by atoms with E-state index < -0.39 is 5.97 Å². The van der Waals surface area contributed by atoms with E-state index in [-0.39, 0.29) is 35.1 Å². The van der Waals surface area contributed by atoms with Gasteiger partial charge in [-0.3, -0.25) is 5.32 Å². The van der Waals surface area contributed by atoms with E-state index in [4.69, 9.17) is 5.10 Å². The van der Waals surface area contributed by atoms with Crippen molar-refractivity contribution in [3.8, 4) is 5.69 Å². The molecular formula is C37H42N6O4. The highest BCUT2D eigenvalue weighted by atomic mass is 16.4. The molecule has 2 atom stereocenters. The highest BCUT2D eigenvalue weighted by Gasteiger charge is 2.43. The molecule has 0 saturated carbocycles. The summed E-state index contributed by atoms with van der Waals surface area (Å²) in [5.74, 6) is -0.0222. The molecule has 4 aromatic rings. The quantitative estimate of drug-likeness (QED) is 0.165. The molecule has 4 amide bonds. The zero-order valence-corrected chi connectivity index (χ0v) is 27.3. The summed E-state index contributed by atoms with van der Waals surface area (Å²) in [6.45, 7) is 8.32. The smallest absolute Gasteiger partial charge is 0.335 e. The molecule has 2 unspecified atom stereocenters. The van der Waals surface area contributed by atoms with Gasteiger partial charge in [-0.05, 0) is 93.0 Å². The van der Waals surface area contributed by atoms with Crippen LogP contribution in [0.2, 0.25) is 0 Å². The Hall–Kier alpha value is -5.12. The highest BCUT2D eigenvalue weighted by molar-refractivity contribution is 5.99. The van der Waals surface area contributed by atoms with E-state index in [9.17, 15) is 19.5 Å². The lowest BCUT2D eigenvalue weighted by Gasteiger charge is -2.39. The van der Waals surface area contributed by atoms with Gasteiger partial charge in [0.15, 0.2) is 0 Å². The number of carbonyl (C=O) groups is 3. The van der Waals surface area contributed by atoms with Crippen LogP contribution in [-0.4, -0.2) is 49.9 Å². The average Bonchev–Trinajstić information content (AvgIpc) is 3.56. The number of anilines is 3. The monoisotopic (exact) mass is 634 g/mol. The van der Waals surface area contributed by atoms with E-state index in [2.05, 4.69) is 42.8 Å². The molecule has 1 aromatic heterocycles. The van der Waals surface area contributed by atoms with E-state index in [1.165, 1.54) is 12.1 Å². The molecule has 2 bridgehead atoms. The number of hydrogen-bond donors (Lipinski definition) is 4. The average molecular weight is 635 g/mol. The molecule has 4 N–H and O–H groups in total. The summed E-state index contributed by atoms with van der Waals surface area (Å²) >= 11 is 0. The number of carboxylic acids is 1. The molecule has 0 spiro atoms. The molecule has 6 rings (SSSR count). The first-order valence-corrected chi connectivity index (χ1v) is 16.2. The first-order chi connectivity index (χ1) is 22.4. The standard InChI is InChI=1S/C37H42N6O4/c1-23-11-13-29(14-12-23)43-33(22-32(41-43)37(2,3)4)40-35(46)38-27-9-5-7-24(18-27)17-25-19-30-15-16-31(20-25)42(30)36(47)39-28-10-6-8-26(21-28)34(44)45/h5-14,18,21-22,25,30-31H,15-17,19-20H2,1-4H3,(H,39,47)(H,44,45)(H2,38,40,46). The number of nitrogens with zero attached hydrogens (tertiary/aromatic N) is 3. The first-order valence-electron chi connectivity index (χ1n) is 16.2. The highest BCUT2D eigenvalue weighted by Crippen LogP contribution is 2.40. The Bertz CT molecular complexity index is 1780. The van der Waals surface area contributed by atoms with Gasteiger partial charge >= 0.3 is 18.0 Å². The fourth-order valence-corrected chi connectivity index (χ4v) is 6.81. The number of aromatic nitrogens is 2. The van der Waals surface area contributed by atoms with Gasteiger partial charge in [0.25, 0.3) is 0 Å². The maximum atomic E-state index is 13.2. The number of aromatic carboxylic acids is 1. The van der Waals surface area contributed by atoms with Crippen LogP contribution in [0.15, 0.2) is 78.9 Å². The van der Waals surface area contributed by atoms with Crippen molar-refractivity contribution in [3.05, 3.63) is 101 Å². The van der Waals surface area contributed by atoms with Gasteiger partial charge in [-0.1, -0.05) is 56.7 Å². The molecule has 2 aliphatic heterocycles. The van der Waals surface area contributed by atoms with Crippen molar-refractivity contribution in [1.82, 2.24) is 14.7 Å². The molecule has 2 aliphatic rings. The number of benzene rings is 3. The normalized spacial score (nSPS) is 18.9. The van der Waals surface area contributed by atoms with Gasteiger partial charge in [0, 0.05) is 34.9 Å². The number of aryl methyl sites for hydroxylation is 1. The second-order valence-electron chi connectivity index (χ2n) is 13.8. The number of rotatable bonds is 7. The fourth-order valence-electron chi connectivity index (χ4n) is 6.81. The Morgan fingerprint density at radius 2 is 1.51 bits per heavy atom. The van der Waals surface area contributed by atoms with Crippen molar-refractivity contribution in [2.75, 3.05) is 16.0 Å². The molecule has 0 aliphatic carbocycles. The van der Waals surface area contributed by atoms with Crippen molar-refractivity contribution in [2.45, 2.75) is 77.3 Å². The molecule has 47 heavy (non-hydrogen) atoms. The van der Waals surface area contributed by atoms with Crippen molar-refractivity contribution in [2.24, 2.45) is 5.92 Å². The van der Waals surface area contributed by atoms with E-state index in [0.717, 1.165) is 54.6 Å². The maximum Gasteiger partial charge on any atom is 0.335 e. The van der Waals surface area contributed by atoms with Gasteiger partial charge in [0.2, 0.25) is 0 Å². The summed E-state index contributed by atoms with van der Waals surface area (Å²) in [5, 5.41) is 23.0. The fraction of sp³-hybridized carbons (Fsp3) is 0.351. The lowest BCUT2D eigenvalue weighted by Crippen LogP contribution is -2.48. The van der Waals surface area contributed by atoms with Crippen LogP contribution in [0.3, 0.4) is 0 Å². The van der Waals surface area contributed by atoms with E-state index in [1.807, 2.05) is 60.4 Å². The molecule has 2 fully saturated rings. The molecule has 3 heterocycles. The van der Waals surface area contributed by atoms with E-state index >= 15 is 0 Å². The number of piperidine rings is 1. The van der Waals surface area contributed by atoms with Crippen LogP contribution in [-0.2, 0) is 11.8 Å². The first kappa shape index (κ1) is 31.8. The predicted molar refractivity (Wildman–Crippen MR) is 184 cm³/mol. The largest absolute Gasteiger partial charge is 0.478 e. The molecule has 10 heteroatoms. The van der Waals surface area contributed by atoms with E-state index in [0.29, 0.717) is 23.1 Å². The number of nitrogens with one attached hydrogen (secondary N) is 3. The lowest BCUT2D eigenvalue weighted by atomic mass is 9.86. The van der Waals surface area contributed by atoms with Crippen LogP contribution in [0.5, 0.6) is 0 Å². The summed E-state index contributed by atoms with van der Waals surface area (Å²) in [6.07, 6.45) is 4.57. The maximum absolute atomic E-state index is 13.2. The third kappa shape index (κ3) is 7.32. The van der Waals surface area contributed by atoms with Gasteiger partial charge in [0.1, 0.15) is 5.82 Å². The minimum Gasteiger partial charge on any atom is -0.478 e. The second kappa shape index (κ2) is 12.9. The SMILES string of the molecule is Cc1ccc(-n2nc(C(C)(C)C)cc2NC(=O)Nc2cccc(CC3CC4CCC(C3)N4C(=O)Nc3cccc(C(=O)O)c3)c2)cc1. The summed E-state index contributed by atoms with van der Waals surface area (Å²) in [6, 6.07) is 24.0. The Morgan fingerprint density at radius 1 is 0.851 bits per heavy atom. The summed E-state index contributed by atoms with van der Waals surface area (Å²) in [4.78, 5) is 39.8. The predicted octanol–water partition coefficient (Wildman–Crippen LogP) is 7.84. The zero-order chi connectivity index (χ0) is 33.3. The summed E-state index contributed by atoms with van der Waals surface area (Å²) in [5.41, 5.74) is 5.17. The van der Waals surface area contributed by atoms with Gasteiger partial charge in [0.05, 0.1) is 16.9 Å². The number of urea groups is 2. The van der Waals surface area contributed by atoms with Gasteiger partial charge in [-0.25, -0.2) is 19.1 Å². The lowest BCUT2D eigenvalue weighted by molar-refractivity contribution is 0.0696. The van der Waals surface area contributed by atoms with Crippen molar-refractivity contribution < 1.29 is 19.5 Å². The Balaban J connectivity index is 1.08. The topological polar surface area (TPSA) is 129 Å². The third-order valence-electron chi connectivity index (χ3n) is 9.13. The summed E-state index contributed by atoms with van der Waals surface area (Å²) in [7, 11) is 0. The van der Waals surface area contributed by atoms with Gasteiger partial charge < -0.3 is 20.6 Å². The number of carboxylic acid groups (broad SMARTS) is 1. The molecule has 244 valence electrons. The molecular weight excluding hydrogens is 592 g/mol. The van der Waals surface area contributed by atoms with Crippen molar-refractivity contribution in [3.63, 3.8) is 0 Å². The number of amides is 4. The Kier molecular flexibility index (Phi) is 8.77. The Morgan fingerprint density at radius 3 is 2.17 bits per heavy atom. The number of fused-ring (bicyclic) bond motifs is 2. The second-order valence-corrected chi connectivity index (χ2v) is 13.8. The molecule has 0 radical (unpaired) electrons. The number of carbonyl (C=O) groups excluding carboxylic acids is 2. The van der Waals surface area contributed by atoms with Crippen LogP contribution in [0.1, 0.15) is 73.6 Å². The minimum atomic E-state index is -1.03. The van der Waals surface area contributed by atoms with Crippen molar-refractivity contribution >= 4 is 35.2 Å². The summed E-state index contributed by atoms with van der Waals surface area (Å²) < 4.78 is 1.77. The van der Waals surface area contributed by atoms with E-state index in [1.54, 1.807) is 16.8 Å². The molecule has 2 saturated heterocycles. The minimum absolute atomic E-state index is 0.141. The van der Waals surface area contributed by atoms with Crippen LogP contribution in [0.4, 0.5) is 26.8 Å². The number of hydrogen-bond acceptors (Lipinski definition) is 4. The van der Waals surface area contributed by atoms with Gasteiger partial charge in [-0.15, -0.1) is 0 Å². The van der Waals surface area contributed by atoms with Crippen molar-refractivity contribution in [1.29, 1.82) is 0 Å². The van der Waals surface area contributed by atoms with Gasteiger partial charge in [-0.2, -0.15) is 5.10 Å². The van der Waals surface area contributed by atoms with Crippen LogP contribution < -0.4 is 16.0 Å². The molecule has 3 aromatic carbocycles. The van der Waals surface area contributed by atoms with Crippen LogP contribution in [0, 0.1) is 12.8 Å². The van der Waals surface area contributed by atoms with Crippen LogP contribution in [0.25, 0.3) is 5.69 Å². The molecule has 10 nitrogen and oxygen atoms in total. The van der Waals surface area contributed by atoms with Crippen LogP contribution >= 0.6 is 0 Å². The third-order valence-corrected chi connectivity index (χ3v) is 9.13.